The Morgan fingerprint density at radius 1 is 1.38 bits per heavy atom. The molecule has 2 N–H and O–H groups in total. The van der Waals surface area contributed by atoms with Crippen LogP contribution in [-0.2, 0) is 4.79 Å². The van der Waals surface area contributed by atoms with Crippen LogP contribution in [0.5, 0.6) is 0 Å². The van der Waals surface area contributed by atoms with Crippen LogP contribution in [0.2, 0.25) is 0 Å². The van der Waals surface area contributed by atoms with Gasteiger partial charge in [-0.2, -0.15) is 0 Å². The van der Waals surface area contributed by atoms with Gasteiger partial charge >= 0.3 is 0 Å². The molecule has 0 aromatic heterocycles. The molecule has 1 aromatic carbocycles. The fourth-order valence-corrected chi connectivity index (χ4v) is 4.19. The van der Waals surface area contributed by atoms with E-state index in [1.807, 2.05) is 23.6 Å². The van der Waals surface area contributed by atoms with E-state index in [4.69, 9.17) is 0 Å². The lowest BCUT2D eigenvalue weighted by Crippen LogP contribution is -2.48. The maximum atomic E-state index is 11.8. The highest BCUT2D eigenvalue weighted by Crippen LogP contribution is 2.32. The van der Waals surface area contributed by atoms with Crippen molar-refractivity contribution >= 4 is 39.6 Å². The van der Waals surface area contributed by atoms with Crippen molar-refractivity contribution in [3.8, 4) is 0 Å². The SMILES string of the molecule is CCC(=O)N1CCC(NC(=NC)NCC(C)(C)Sc2ccc(Br)cc2)C1. The number of nitrogens with one attached hydrogen (secondary N) is 2. The molecular formula is C19H29BrN4OS. The summed E-state index contributed by atoms with van der Waals surface area (Å²) in [6.45, 7) is 8.72. The number of hydrogen-bond donors (Lipinski definition) is 2. The number of guanidine groups is 1. The quantitative estimate of drug-likeness (QED) is 0.403. The summed E-state index contributed by atoms with van der Waals surface area (Å²) < 4.78 is 1.11. The van der Waals surface area contributed by atoms with Gasteiger partial charge in [-0.3, -0.25) is 9.79 Å². The van der Waals surface area contributed by atoms with Crippen molar-refractivity contribution in [3.05, 3.63) is 28.7 Å². The number of amides is 1. The average molecular weight is 441 g/mol. The van der Waals surface area contributed by atoms with Crippen molar-refractivity contribution in [1.82, 2.24) is 15.5 Å². The van der Waals surface area contributed by atoms with Crippen LogP contribution in [0.1, 0.15) is 33.6 Å². The van der Waals surface area contributed by atoms with Gasteiger partial charge in [-0.1, -0.05) is 22.9 Å². The fraction of sp³-hybridized carbons (Fsp3) is 0.579. The minimum absolute atomic E-state index is 0.0192. The third-order valence-electron chi connectivity index (χ3n) is 4.30. The molecule has 1 amide bonds. The molecule has 1 aliphatic rings. The van der Waals surface area contributed by atoms with Gasteiger partial charge in [0.25, 0.3) is 0 Å². The molecule has 0 aliphatic carbocycles. The summed E-state index contributed by atoms with van der Waals surface area (Å²) in [5, 5.41) is 6.88. The van der Waals surface area contributed by atoms with Crippen molar-refractivity contribution in [2.75, 3.05) is 26.7 Å². The van der Waals surface area contributed by atoms with Crippen LogP contribution in [-0.4, -0.2) is 54.2 Å². The number of carbonyl (C=O) groups excluding carboxylic acids is 1. The molecular weight excluding hydrogens is 412 g/mol. The Morgan fingerprint density at radius 3 is 2.69 bits per heavy atom. The van der Waals surface area contributed by atoms with Crippen molar-refractivity contribution in [2.45, 2.75) is 49.3 Å². The monoisotopic (exact) mass is 440 g/mol. The van der Waals surface area contributed by atoms with Crippen LogP contribution in [0, 0.1) is 0 Å². The number of aliphatic imine (C=N–C) groups is 1. The van der Waals surface area contributed by atoms with Gasteiger partial charge in [0.1, 0.15) is 0 Å². The summed E-state index contributed by atoms with van der Waals surface area (Å²) in [4.78, 5) is 19.3. The number of thioether (sulfide) groups is 1. The topological polar surface area (TPSA) is 56.7 Å². The Bertz CT molecular complexity index is 633. The molecule has 2 rings (SSSR count). The molecule has 1 aromatic rings. The molecule has 0 saturated carbocycles. The molecule has 5 nitrogen and oxygen atoms in total. The van der Waals surface area contributed by atoms with E-state index in [0.29, 0.717) is 6.42 Å². The van der Waals surface area contributed by atoms with E-state index in [-0.39, 0.29) is 16.7 Å². The second kappa shape index (κ2) is 9.65. The Labute approximate surface area is 169 Å². The Morgan fingerprint density at radius 2 is 2.08 bits per heavy atom. The van der Waals surface area contributed by atoms with Gasteiger partial charge < -0.3 is 15.5 Å². The highest BCUT2D eigenvalue weighted by Gasteiger charge is 2.26. The summed E-state index contributed by atoms with van der Waals surface area (Å²) in [6, 6.07) is 8.65. The second-order valence-electron chi connectivity index (χ2n) is 7.06. The summed E-state index contributed by atoms with van der Waals surface area (Å²) in [5.74, 6) is 1.02. The molecule has 1 unspecified atom stereocenters. The van der Waals surface area contributed by atoms with Gasteiger partial charge in [-0.15, -0.1) is 11.8 Å². The summed E-state index contributed by atoms with van der Waals surface area (Å²) in [7, 11) is 1.79. The van der Waals surface area contributed by atoms with Gasteiger partial charge in [0.05, 0.1) is 0 Å². The molecule has 1 atom stereocenters. The molecule has 1 heterocycles. The normalized spacial score (nSPS) is 18.1. The Kier molecular flexibility index (Phi) is 7.83. The third kappa shape index (κ3) is 6.50. The number of halogens is 1. The predicted octanol–water partition coefficient (Wildman–Crippen LogP) is 3.50. The number of nitrogens with zero attached hydrogens (tertiary/aromatic N) is 2. The van der Waals surface area contributed by atoms with Gasteiger partial charge in [-0.05, 0) is 44.5 Å². The van der Waals surface area contributed by atoms with Crippen LogP contribution >= 0.6 is 27.7 Å². The van der Waals surface area contributed by atoms with E-state index in [1.54, 1.807) is 7.05 Å². The number of likely N-dealkylation sites (tertiary alicyclic amines) is 1. The second-order valence-corrected chi connectivity index (χ2v) is 9.76. The molecule has 0 spiro atoms. The van der Waals surface area contributed by atoms with E-state index >= 15 is 0 Å². The molecule has 0 bridgehead atoms. The average Bonchev–Trinajstić information content (AvgIpc) is 3.08. The van der Waals surface area contributed by atoms with Crippen LogP contribution < -0.4 is 10.6 Å². The van der Waals surface area contributed by atoms with Crippen molar-refractivity contribution in [2.24, 2.45) is 4.99 Å². The third-order valence-corrected chi connectivity index (χ3v) is 6.03. The van der Waals surface area contributed by atoms with Crippen LogP contribution in [0.15, 0.2) is 38.6 Å². The highest BCUT2D eigenvalue weighted by molar-refractivity contribution is 9.10. The molecule has 26 heavy (non-hydrogen) atoms. The van der Waals surface area contributed by atoms with Crippen molar-refractivity contribution < 1.29 is 4.79 Å². The Hall–Kier alpha value is -1.21. The van der Waals surface area contributed by atoms with E-state index in [2.05, 4.69) is 69.7 Å². The summed E-state index contributed by atoms with van der Waals surface area (Å²) in [6.07, 6.45) is 1.53. The maximum Gasteiger partial charge on any atom is 0.222 e. The lowest BCUT2D eigenvalue weighted by Gasteiger charge is -2.26. The number of benzene rings is 1. The molecule has 7 heteroatoms. The standard InChI is InChI=1S/C19H29BrN4OS/c1-5-17(25)24-11-10-15(12-24)23-18(21-4)22-13-19(2,3)26-16-8-6-14(20)7-9-16/h6-9,15H,5,10-13H2,1-4H3,(H2,21,22,23). The van der Waals surface area contributed by atoms with Crippen LogP contribution in [0.3, 0.4) is 0 Å². The van der Waals surface area contributed by atoms with E-state index in [1.165, 1.54) is 4.90 Å². The molecule has 1 saturated heterocycles. The number of rotatable bonds is 6. The lowest BCUT2D eigenvalue weighted by atomic mass is 10.2. The predicted molar refractivity (Wildman–Crippen MR) is 114 cm³/mol. The first kappa shape index (κ1) is 21.1. The molecule has 1 fully saturated rings. The first-order valence-corrected chi connectivity index (χ1v) is 10.6. The first-order chi connectivity index (χ1) is 12.3. The molecule has 1 aliphatic heterocycles. The van der Waals surface area contributed by atoms with Crippen molar-refractivity contribution in [3.63, 3.8) is 0 Å². The van der Waals surface area contributed by atoms with Crippen LogP contribution in [0.4, 0.5) is 0 Å². The smallest absolute Gasteiger partial charge is 0.222 e. The molecule has 0 radical (unpaired) electrons. The van der Waals surface area contributed by atoms with Gasteiger partial charge in [-0.25, -0.2) is 0 Å². The van der Waals surface area contributed by atoms with Crippen molar-refractivity contribution in [1.29, 1.82) is 0 Å². The van der Waals surface area contributed by atoms with Gasteiger partial charge in [0, 0.05) is 53.3 Å². The summed E-state index contributed by atoms with van der Waals surface area (Å²) >= 11 is 5.31. The van der Waals surface area contributed by atoms with Gasteiger partial charge in [0.2, 0.25) is 5.91 Å². The lowest BCUT2D eigenvalue weighted by molar-refractivity contribution is -0.129. The first-order valence-electron chi connectivity index (χ1n) is 9.02. The number of carbonyl (C=O) groups is 1. The van der Waals surface area contributed by atoms with Gasteiger partial charge in [0.15, 0.2) is 5.96 Å². The van der Waals surface area contributed by atoms with E-state index < -0.39 is 0 Å². The van der Waals surface area contributed by atoms with E-state index in [9.17, 15) is 4.79 Å². The zero-order chi connectivity index (χ0) is 19.2. The van der Waals surface area contributed by atoms with Crippen LogP contribution in [0.25, 0.3) is 0 Å². The number of hydrogen-bond acceptors (Lipinski definition) is 3. The largest absolute Gasteiger partial charge is 0.355 e. The maximum absolute atomic E-state index is 11.8. The zero-order valence-electron chi connectivity index (χ0n) is 16.0. The van der Waals surface area contributed by atoms with E-state index in [0.717, 1.165) is 36.5 Å². The Balaban J connectivity index is 1.82. The molecule has 144 valence electrons. The zero-order valence-corrected chi connectivity index (χ0v) is 18.4. The minimum Gasteiger partial charge on any atom is -0.355 e. The summed E-state index contributed by atoms with van der Waals surface area (Å²) in [5.41, 5.74) is 0. The highest BCUT2D eigenvalue weighted by atomic mass is 79.9. The minimum atomic E-state index is 0.0192. The fourth-order valence-electron chi connectivity index (χ4n) is 2.87.